The molecule has 2 aromatic rings. The Morgan fingerprint density at radius 3 is 2.65 bits per heavy atom. The predicted molar refractivity (Wildman–Crippen MR) is 100 cm³/mol. The number of carbonyl (C=O) groups excluding carboxylic acids is 1. The molecule has 0 aliphatic carbocycles. The van der Waals surface area contributed by atoms with E-state index in [-0.39, 0.29) is 12.5 Å². The lowest BCUT2D eigenvalue weighted by molar-refractivity contribution is -0.120. The number of ether oxygens (including phenoxy) is 2. The van der Waals surface area contributed by atoms with Crippen LogP contribution in [0.1, 0.15) is 12.8 Å². The van der Waals surface area contributed by atoms with Crippen molar-refractivity contribution in [3.8, 4) is 11.5 Å². The first kappa shape index (κ1) is 18.9. The molecule has 1 fully saturated rings. The molecule has 1 amide bonds. The average molecular weight is 399 g/mol. The van der Waals surface area contributed by atoms with Crippen LogP contribution in [-0.4, -0.2) is 57.2 Å². The smallest absolute Gasteiger partial charge is 0.230 e. The highest BCUT2D eigenvalue weighted by atomic mass is 32.2. The Kier molecular flexibility index (Phi) is 5.35. The van der Waals surface area contributed by atoms with Gasteiger partial charge in [-0.05, 0) is 25.0 Å². The maximum Gasteiger partial charge on any atom is 0.230 e. The van der Waals surface area contributed by atoms with Gasteiger partial charge in [0.25, 0.3) is 0 Å². The fraction of sp³-hybridized carbons (Fsp3) is 0.500. The van der Waals surface area contributed by atoms with Crippen LogP contribution in [0.3, 0.4) is 0 Å². The van der Waals surface area contributed by atoms with E-state index in [9.17, 15) is 13.2 Å². The number of nitrogens with zero attached hydrogens (tertiary/aromatic N) is 2. The molecule has 1 aromatic carbocycles. The van der Waals surface area contributed by atoms with Crippen molar-refractivity contribution < 1.29 is 22.7 Å². The zero-order valence-corrected chi connectivity index (χ0v) is 16.4. The van der Waals surface area contributed by atoms with E-state index in [4.69, 9.17) is 9.47 Å². The molecule has 8 nitrogen and oxygen atoms in total. The van der Waals surface area contributed by atoms with Crippen molar-refractivity contribution in [3.63, 3.8) is 0 Å². The van der Waals surface area contributed by atoms with Crippen LogP contribution >= 0.6 is 11.3 Å². The molecule has 1 N–H and O–H groups in total. The molecule has 0 bridgehead atoms. The maximum absolute atomic E-state index is 12.6. The Morgan fingerprint density at radius 1 is 1.31 bits per heavy atom. The molecule has 10 heteroatoms. The Balaban J connectivity index is 1.81. The lowest BCUT2D eigenvalue weighted by Gasteiger charge is -2.29. The van der Waals surface area contributed by atoms with E-state index in [0.717, 1.165) is 4.70 Å². The van der Waals surface area contributed by atoms with Crippen LogP contribution in [-0.2, 0) is 14.8 Å². The van der Waals surface area contributed by atoms with Crippen molar-refractivity contribution in [3.05, 3.63) is 12.1 Å². The highest BCUT2D eigenvalue weighted by Crippen LogP contribution is 2.39. The number of rotatable bonds is 5. The van der Waals surface area contributed by atoms with E-state index in [1.165, 1.54) is 21.9 Å². The van der Waals surface area contributed by atoms with E-state index in [2.05, 4.69) is 10.3 Å². The number of thiazole rings is 1. The van der Waals surface area contributed by atoms with E-state index < -0.39 is 15.9 Å². The molecular weight excluding hydrogens is 378 g/mol. The molecule has 1 unspecified atom stereocenters. The second-order valence-corrected chi connectivity index (χ2v) is 9.10. The van der Waals surface area contributed by atoms with Gasteiger partial charge < -0.3 is 14.8 Å². The summed E-state index contributed by atoms with van der Waals surface area (Å²) in [5, 5.41) is 3.25. The largest absolute Gasteiger partial charge is 0.495 e. The van der Waals surface area contributed by atoms with Gasteiger partial charge in [0.05, 0.1) is 26.4 Å². The number of hydrogen-bond acceptors (Lipinski definition) is 7. The van der Waals surface area contributed by atoms with E-state index >= 15 is 0 Å². The summed E-state index contributed by atoms with van der Waals surface area (Å²) in [6.45, 7) is 0.653. The lowest BCUT2D eigenvalue weighted by atomic mass is 9.99. The number of sulfonamides is 1. The Bertz CT molecular complexity index is 884. The number of nitrogens with one attached hydrogen (secondary N) is 1. The summed E-state index contributed by atoms with van der Waals surface area (Å²) >= 11 is 1.30. The van der Waals surface area contributed by atoms with Crippen molar-refractivity contribution in [2.24, 2.45) is 5.92 Å². The predicted octanol–water partition coefficient (Wildman–Crippen LogP) is 1.92. The molecule has 0 spiro atoms. The molecule has 2 heterocycles. The molecule has 1 aliphatic rings. The molecule has 1 aliphatic heterocycles. The van der Waals surface area contributed by atoms with Crippen molar-refractivity contribution in [2.45, 2.75) is 12.8 Å². The van der Waals surface area contributed by atoms with E-state index in [0.29, 0.717) is 41.5 Å². The maximum atomic E-state index is 12.6. The van der Waals surface area contributed by atoms with Gasteiger partial charge in [-0.15, -0.1) is 0 Å². The molecule has 142 valence electrons. The third kappa shape index (κ3) is 3.76. The SMILES string of the molecule is COc1ccc(OC)c2sc(NC(=O)C3CCCN(S(C)(=O)=O)C3)nc12. The highest BCUT2D eigenvalue weighted by Gasteiger charge is 2.30. The average Bonchev–Trinajstić information content (AvgIpc) is 3.03. The van der Waals surface area contributed by atoms with Gasteiger partial charge in [-0.2, -0.15) is 0 Å². The summed E-state index contributed by atoms with van der Waals surface area (Å²) in [5.41, 5.74) is 0.619. The number of carbonyl (C=O) groups is 1. The van der Waals surface area contributed by atoms with Crippen molar-refractivity contribution >= 4 is 42.6 Å². The van der Waals surface area contributed by atoms with Gasteiger partial charge in [0.15, 0.2) is 5.13 Å². The number of piperidine rings is 1. The Labute approximate surface area is 156 Å². The van der Waals surface area contributed by atoms with Crippen LogP contribution in [0.4, 0.5) is 5.13 Å². The summed E-state index contributed by atoms with van der Waals surface area (Å²) in [4.78, 5) is 17.0. The molecule has 1 saturated heterocycles. The summed E-state index contributed by atoms with van der Waals surface area (Å²) in [6.07, 6.45) is 2.47. The fourth-order valence-corrected chi connectivity index (χ4v) is 4.89. The number of anilines is 1. The van der Waals surface area contributed by atoms with Crippen molar-refractivity contribution in [1.29, 1.82) is 0 Å². The van der Waals surface area contributed by atoms with Gasteiger partial charge in [0, 0.05) is 13.1 Å². The second kappa shape index (κ2) is 7.37. The Hall–Kier alpha value is -1.91. The van der Waals surface area contributed by atoms with Crippen LogP contribution in [0.25, 0.3) is 10.2 Å². The molecular formula is C16H21N3O5S2. The number of amides is 1. The number of methoxy groups -OCH3 is 2. The summed E-state index contributed by atoms with van der Waals surface area (Å²) in [6, 6.07) is 3.55. The normalized spacial score (nSPS) is 18.7. The van der Waals surface area contributed by atoms with Gasteiger partial charge in [0.2, 0.25) is 15.9 Å². The van der Waals surface area contributed by atoms with Crippen LogP contribution in [0.15, 0.2) is 12.1 Å². The fourth-order valence-electron chi connectivity index (χ4n) is 3.00. The van der Waals surface area contributed by atoms with Crippen molar-refractivity contribution in [1.82, 2.24) is 9.29 Å². The quantitative estimate of drug-likeness (QED) is 0.825. The van der Waals surface area contributed by atoms with Crippen LogP contribution in [0.2, 0.25) is 0 Å². The first-order valence-corrected chi connectivity index (χ1v) is 10.8. The number of hydrogen-bond donors (Lipinski definition) is 1. The van der Waals surface area contributed by atoms with E-state index in [1.54, 1.807) is 26.4 Å². The molecule has 0 saturated carbocycles. The molecule has 0 radical (unpaired) electrons. The van der Waals surface area contributed by atoms with Crippen molar-refractivity contribution in [2.75, 3.05) is 38.9 Å². The van der Waals surface area contributed by atoms with E-state index in [1.807, 2.05) is 0 Å². The second-order valence-electron chi connectivity index (χ2n) is 6.12. The number of benzene rings is 1. The van der Waals surface area contributed by atoms with Gasteiger partial charge in [-0.3, -0.25) is 4.79 Å². The Morgan fingerprint density at radius 2 is 2.00 bits per heavy atom. The van der Waals surface area contributed by atoms with Gasteiger partial charge in [-0.1, -0.05) is 11.3 Å². The minimum absolute atomic E-state index is 0.197. The van der Waals surface area contributed by atoms with Gasteiger partial charge in [-0.25, -0.2) is 17.7 Å². The van der Waals surface area contributed by atoms with Crippen LogP contribution in [0.5, 0.6) is 11.5 Å². The van der Waals surface area contributed by atoms with Crippen LogP contribution < -0.4 is 14.8 Å². The first-order valence-electron chi connectivity index (χ1n) is 8.11. The minimum atomic E-state index is -3.30. The summed E-state index contributed by atoms with van der Waals surface area (Å²) < 4.78 is 36.2. The van der Waals surface area contributed by atoms with Crippen LogP contribution in [0, 0.1) is 5.92 Å². The lowest BCUT2D eigenvalue weighted by Crippen LogP contribution is -2.43. The zero-order valence-electron chi connectivity index (χ0n) is 14.8. The van der Waals surface area contributed by atoms with Gasteiger partial charge >= 0.3 is 0 Å². The monoisotopic (exact) mass is 399 g/mol. The minimum Gasteiger partial charge on any atom is -0.495 e. The zero-order chi connectivity index (χ0) is 18.9. The molecule has 3 rings (SSSR count). The first-order chi connectivity index (χ1) is 12.3. The molecule has 26 heavy (non-hydrogen) atoms. The summed E-state index contributed by atoms with van der Waals surface area (Å²) in [5.74, 6) is 0.628. The highest BCUT2D eigenvalue weighted by molar-refractivity contribution is 7.88. The topological polar surface area (TPSA) is 97.8 Å². The molecule has 1 atom stereocenters. The third-order valence-electron chi connectivity index (χ3n) is 4.36. The third-order valence-corrected chi connectivity index (χ3v) is 6.62. The summed E-state index contributed by atoms with van der Waals surface area (Å²) in [7, 11) is -0.170. The standard InChI is InChI=1S/C16H21N3O5S2/c1-23-11-6-7-12(24-2)14-13(11)17-16(25-14)18-15(20)10-5-4-8-19(9-10)26(3,21)22/h6-7,10H,4-5,8-9H2,1-3H3,(H,17,18,20). The van der Waals surface area contributed by atoms with Gasteiger partial charge in [0.1, 0.15) is 21.7 Å². The number of fused-ring (bicyclic) bond motifs is 1. The molecule has 1 aromatic heterocycles. The number of aromatic nitrogens is 1.